The van der Waals surface area contributed by atoms with Crippen molar-refractivity contribution < 1.29 is 47.6 Å². The Labute approximate surface area is 171 Å². The van der Waals surface area contributed by atoms with Gasteiger partial charge in [-0.3, -0.25) is 23.4 Å². The lowest BCUT2D eigenvalue weighted by Gasteiger charge is -2.28. The van der Waals surface area contributed by atoms with Crippen LogP contribution in [0.4, 0.5) is 13.2 Å². The third-order valence-corrected chi connectivity index (χ3v) is 5.75. The van der Waals surface area contributed by atoms with Gasteiger partial charge in [0.25, 0.3) is 11.4 Å². The number of aromatic nitrogens is 2. The number of aromatic amines is 1. The number of phosphoric ester groups is 1. The number of hydrogen-bond acceptors (Lipinski definition) is 9. The molecule has 0 aliphatic carbocycles. The molecule has 1 aromatic heterocycles. The molecule has 3 N–H and O–H groups in total. The topological polar surface area (TPSA) is 149 Å². The van der Waals surface area contributed by atoms with Crippen molar-refractivity contribution in [1.29, 1.82) is 0 Å². The second-order valence-corrected chi connectivity index (χ2v) is 8.15. The number of nitrogens with one attached hydrogen (secondary N) is 1. The van der Waals surface area contributed by atoms with Crippen LogP contribution in [0.2, 0.25) is 0 Å². The van der Waals surface area contributed by atoms with Crippen LogP contribution < -0.4 is 15.8 Å². The number of aliphatic hydroxyl groups is 2. The van der Waals surface area contributed by atoms with E-state index in [4.69, 9.17) is 19.7 Å². The van der Waals surface area contributed by atoms with Gasteiger partial charge in [-0.05, 0) is 18.2 Å². The van der Waals surface area contributed by atoms with Crippen LogP contribution in [0.25, 0.3) is 0 Å². The number of hydrogen-bond donors (Lipinski definition) is 3. The van der Waals surface area contributed by atoms with E-state index in [1.165, 1.54) is 4.98 Å². The van der Waals surface area contributed by atoms with E-state index < -0.39 is 68.2 Å². The fourth-order valence-corrected chi connectivity index (χ4v) is 4.09. The first-order valence-electron chi connectivity index (χ1n) is 9.01. The maximum atomic E-state index is 15.3. The Balaban J connectivity index is 1.56. The van der Waals surface area contributed by atoms with Crippen molar-refractivity contribution in [3.8, 4) is 5.75 Å². The summed E-state index contributed by atoms with van der Waals surface area (Å²) in [6, 6.07) is 3.18. The van der Waals surface area contributed by atoms with E-state index in [1.54, 1.807) is 0 Å². The number of phosphoric acid groups is 1. The molecule has 11 nitrogen and oxygen atoms in total. The van der Waals surface area contributed by atoms with Crippen LogP contribution in [0.15, 0.2) is 34.0 Å². The van der Waals surface area contributed by atoms with Gasteiger partial charge >= 0.3 is 13.5 Å². The second kappa shape index (κ2) is 7.58. The number of halogens is 3. The molecule has 0 saturated carbocycles. The van der Waals surface area contributed by atoms with Gasteiger partial charge in [-0.2, -0.15) is 4.39 Å². The molecule has 1 aromatic carbocycles. The molecule has 1 unspecified atom stereocenters. The third-order valence-electron chi connectivity index (χ3n) is 4.43. The first-order valence-corrected chi connectivity index (χ1v) is 9.97. The van der Waals surface area contributed by atoms with Crippen molar-refractivity contribution in [2.75, 3.05) is 6.61 Å². The van der Waals surface area contributed by atoms with Crippen molar-refractivity contribution in [1.82, 2.24) is 9.55 Å². The Kier molecular flexibility index (Phi) is 5.00. The summed E-state index contributed by atoms with van der Waals surface area (Å²) < 4.78 is 82.3. The predicted molar refractivity (Wildman–Crippen MR) is 92.6 cm³/mol. The van der Waals surface area contributed by atoms with Crippen molar-refractivity contribution in [2.24, 2.45) is 0 Å². The van der Waals surface area contributed by atoms with Crippen LogP contribution >= 0.6 is 7.82 Å². The van der Waals surface area contributed by atoms with Gasteiger partial charge < -0.3 is 19.5 Å². The maximum Gasteiger partial charge on any atom is 0.530 e. The molecular formula is C16H14F3N2O9P. The zero-order chi connectivity index (χ0) is 23.5. The number of nitrogens with zero attached hydrogens (tertiary/aromatic N) is 1. The summed E-state index contributed by atoms with van der Waals surface area (Å²) in [5.41, 5.74) is -2.70. The predicted octanol–water partition coefficient (Wildman–Crippen LogP) is 0.465. The Hall–Kier alpha value is -2.48. The number of ether oxygens (including phenoxy) is 1. The van der Waals surface area contributed by atoms with E-state index in [9.17, 15) is 33.1 Å². The summed E-state index contributed by atoms with van der Waals surface area (Å²) in [5, 5.41) is 20.2. The van der Waals surface area contributed by atoms with Crippen LogP contribution in [0.1, 0.15) is 13.1 Å². The molecule has 2 aliphatic heterocycles. The molecular weight excluding hydrogens is 452 g/mol. The number of alkyl halides is 1. The minimum absolute atomic E-state index is 0.0134. The summed E-state index contributed by atoms with van der Waals surface area (Å²) in [5.74, 6) is -5.71. The summed E-state index contributed by atoms with van der Waals surface area (Å²) in [7, 11) is -4.51. The van der Waals surface area contributed by atoms with Crippen LogP contribution in [0.5, 0.6) is 5.75 Å². The van der Waals surface area contributed by atoms with Crippen LogP contribution in [-0.2, 0) is 25.0 Å². The smallest absolute Gasteiger partial charge is 0.404 e. The molecule has 1 saturated heterocycles. The molecule has 31 heavy (non-hydrogen) atoms. The monoisotopic (exact) mass is 467 g/mol. The summed E-state index contributed by atoms with van der Waals surface area (Å²) >= 11 is 0. The summed E-state index contributed by atoms with van der Waals surface area (Å²) in [6.45, 7) is -1.86. The SMILES string of the molecule is [2H][C@@]1(n2cc(F)c(=O)[nH]c2=O)O[C@](F)(COP2(=O)OCc3cc(F)ccc3O2)[C@@H](O)[C@H]1O. The highest BCUT2D eigenvalue weighted by molar-refractivity contribution is 7.49. The fraction of sp³-hybridized carbons (Fsp3) is 0.375. The Bertz CT molecular complexity index is 1240. The van der Waals surface area contributed by atoms with Crippen molar-refractivity contribution in [3.63, 3.8) is 0 Å². The molecule has 168 valence electrons. The maximum absolute atomic E-state index is 15.3. The van der Waals surface area contributed by atoms with Gasteiger partial charge in [0.15, 0.2) is 6.20 Å². The molecule has 0 amide bonds. The first kappa shape index (κ1) is 20.4. The minimum atomic E-state index is -4.51. The highest BCUT2D eigenvalue weighted by atomic mass is 31.2. The number of benzene rings is 1. The van der Waals surface area contributed by atoms with Gasteiger partial charge in [0, 0.05) is 5.56 Å². The number of fused-ring (bicyclic) bond motifs is 1. The fourth-order valence-electron chi connectivity index (χ4n) is 2.86. The van der Waals surface area contributed by atoms with E-state index >= 15 is 4.39 Å². The molecule has 2 aromatic rings. The molecule has 1 fully saturated rings. The molecule has 2 aliphatic rings. The Morgan fingerprint density at radius 3 is 2.87 bits per heavy atom. The van der Waals surface area contributed by atoms with Crippen molar-refractivity contribution in [2.45, 2.75) is 30.9 Å². The molecule has 0 spiro atoms. The molecule has 0 radical (unpaired) electrons. The average molecular weight is 467 g/mol. The minimum Gasteiger partial charge on any atom is -0.404 e. The summed E-state index contributed by atoms with van der Waals surface area (Å²) in [6.07, 6.45) is -8.01. The second-order valence-electron chi connectivity index (χ2n) is 6.56. The molecule has 4 rings (SSSR count). The van der Waals surface area contributed by atoms with E-state index in [0.717, 1.165) is 18.2 Å². The lowest BCUT2D eigenvalue weighted by Crippen LogP contribution is -2.43. The van der Waals surface area contributed by atoms with Crippen molar-refractivity contribution in [3.05, 3.63) is 62.4 Å². The van der Waals surface area contributed by atoms with Gasteiger partial charge in [0.05, 0.1) is 14.2 Å². The largest absolute Gasteiger partial charge is 0.530 e. The van der Waals surface area contributed by atoms with E-state index in [1.807, 2.05) is 0 Å². The summed E-state index contributed by atoms with van der Waals surface area (Å²) in [4.78, 5) is 24.6. The van der Waals surface area contributed by atoms with Gasteiger partial charge in [-0.1, -0.05) is 0 Å². The van der Waals surface area contributed by atoms with E-state index in [2.05, 4.69) is 0 Å². The van der Waals surface area contributed by atoms with E-state index in [-0.39, 0.29) is 22.1 Å². The van der Waals surface area contributed by atoms with Crippen LogP contribution in [0, 0.1) is 11.6 Å². The third kappa shape index (κ3) is 3.93. The van der Waals surface area contributed by atoms with Gasteiger partial charge in [-0.15, -0.1) is 0 Å². The lowest BCUT2D eigenvalue weighted by atomic mass is 10.1. The van der Waals surface area contributed by atoms with Crippen LogP contribution in [0.3, 0.4) is 0 Å². The highest BCUT2D eigenvalue weighted by Gasteiger charge is 2.57. The van der Waals surface area contributed by atoms with Crippen LogP contribution in [-0.4, -0.2) is 44.4 Å². The number of aliphatic hydroxyl groups excluding tert-OH is 2. The quantitative estimate of drug-likeness (QED) is 0.546. The van der Waals surface area contributed by atoms with Gasteiger partial charge in [0.1, 0.15) is 30.4 Å². The zero-order valence-corrected chi connectivity index (χ0v) is 16.1. The zero-order valence-electron chi connectivity index (χ0n) is 16.2. The normalized spacial score (nSPS) is 35.3. The van der Waals surface area contributed by atoms with E-state index in [0.29, 0.717) is 0 Å². The number of H-pyrrole nitrogens is 1. The standard InChI is InChI=1S/C16H14F3N2O9P/c17-8-1-2-10-7(3-8)5-27-31(26,30-10)28-6-16(19)12(23)11(22)14(29-16)21-4-9(18)13(24)20-15(21)25/h1-4,11-12,14,22-23H,5-6H2,(H,20,24,25)/t11-,12+,14-,16-,31?/m1/s1/i14D. The first-order chi connectivity index (χ1) is 14.9. The van der Waals surface area contributed by atoms with Gasteiger partial charge in [0.2, 0.25) is 5.82 Å². The van der Waals surface area contributed by atoms with Crippen molar-refractivity contribution >= 4 is 7.82 Å². The molecule has 5 atom stereocenters. The Morgan fingerprint density at radius 1 is 1.39 bits per heavy atom. The molecule has 3 heterocycles. The molecule has 15 heteroatoms. The average Bonchev–Trinajstić information content (AvgIpc) is 2.91. The lowest BCUT2D eigenvalue weighted by molar-refractivity contribution is -0.205. The highest BCUT2D eigenvalue weighted by Crippen LogP contribution is 2.55. The van der Waals surface area contributed by atoms with Gasteiger partial charge in [-0.25, -0.2) is 18.1 Å². The number of rotatable bonds is 4. The molecule has 0 bridgehead atoms. The Morgan fingerprint density at radius 2 is 2.13 bits per heavy atom.